The van der Waals surface area contributed by atoms with Crippen LogP contribution in [-0.4, -0.2) is 30.5 Å². The van der Waals surface area contributed by atoms with Crippen LogP contribution < -0.4 is 5.73 Å². The molecule has 1 heterocycles. The molecule has 1 saturated heterocycles. The number of ether oxygens (including phenoxy) is 1. The third-order valence-electron chi connectivity index (χ3n) is 5.12. The second-order valence-corrected chi connectivity index (χ2v) is 6.04. The quantitative estimate of drug-likeness (QED) is 0.795. The first-order valence-corrected chi connectivity index (χ1v) is 7.16. The third kappa shape index (κ3) is 2.38. The summed E-state index contributed by atoms with van der Waals surface area (Å²) in [5.74, 6) is 0.734. The molecule has 1 saturated carbocycles. The Morgan fingerprint density at radius 3 is 2.76 bits per heavy atom. The minimum atomic E-state index is -0.673. The van der Waals surface area contributed by atoms with Crippen molar-refractivity contribution in [3.05, 3.63) is 0 Å². The van der Waals surface area contributed by atoms with E-state index in [4.69, 9.17) is 10.5 Å². The molecule has 2 rings (SSSR count). The molecule has 1 aliphatic carbocycles. The minimum absolute atomic E-state index is 0.0909. The molecule has 0 radical (unpaired) electrons. The molecule has 0 spiro atoms. The number of aliphatic hydroxyl groups is 1. The molecule has 100 valence electrons. The number of rotatable bonds is 3. The van der Waals surface area contributed by atoms with Crippen LogP contribution in [0.1, 0.15) is 51.9 Å². The Morgan fingerprint density at radius 1 is 1.35 bits per heavy atom. The van der Waals surface area contributed by atoms with Crippen LogP contribution in [0.5, 0.6) is 0 Å². The fourth-order valence-corrected chi connectivity index (χ4v) is 3.83. The van der Waals surface area contributed by atoms with Gasteiger partial charge in [0.2, 0.25) is 0 Å². The monoisotopic (exact) mass is 241 g/mol. The standard InChI is InChI=1S/C14H27NO2/c1-2-12-5-3-6-13(9-12,10-15)14(16)7-4-8-17-11-14/h12,16H,2-11,15H2,1H3. The Balaban J connectivity index is 2.16. The first kappa shape index (κ1) is 13.3. The summed E-state index contributed by atoms with van der Waals surface area (Å²) in [5.41, 5.74) is 5.29. The molecule has 0 aromatic carbocycles. The van der Waals surface area contributed by atoms with Gasteiger partial charge in [0.1, 0.15) is 0 Å². The Kier molecular flexibility index (Phi) is 4.11. The van der Waals surface area contributed by atoms with Gasteiger partial charge in [-0.15, -0.1) is 0 Å². The average Bonchev–Trinajstić information content (AvgIpc) is 2.39. The first-order valence-electron chi connectivity index (χ1n) is 7.16. The lowest BCUT2D eigenvalue weighted by Gasteiger charge is -2.52. The SMILES string of the molecule is CCC1CCCC(CN)(C2(O)CCCOC2)C1. The van der Waals surface area contributed by atoms with Crippen LogP contribution in [0, 0.1) is 11.3 Å². The molecule has 3 unspecified atom stereocenters. The average molecular weight is 241 g/mol. The van der Waals surface area contributed by atoms with E-state index in [2.05, 4.69) is 6.92 Å². The van der Waals surface area contributed by atoms with Crippen molar-refractivity contribution in [2.45, 2.75) is 57.5 Å². The molecule has 0 aromatic rings. The molecule has 0 aromatic heterocycles. The maximum absolute atomic E-state index is 11.0. The van der Waals surface area contributed by atoms with E-state index in [9.17, 15) is 5.11 Å². The van der Waals surface area contributed by atoms with Crippen LogP contribution in [0.4, 0.5) is 0 Å². The van der Waals surface area contributed by atoms with Crippen molar-refractivity contribution >= 4 is 0 Å². The molecule has 0 amide bonds. The first-order chi connectivity index (χ1) is 8.16. The van der Waals surface area contributed by atoms with Crippen molar-refractivity contribution in [1.82, 2.24) is 0 Å². The summed E-state index contributed by atoms with van der Waals surface area (Å²) in [5, 5.41) is 11.0. The van der Waals surface area contributed by atoms with Gasteiger partial charge in [-0.3, -0.25) is 0 Å². The highest BCUT2D eigenvalue weighted by molar-refractivity contribution is 5.03. The van der Waals surface area contributed by atoms with E-state index >= 15 is 0 Å². The van der Waals surface area contributed by atoms with Crippen molar-refractivity contribution in [3.8, 4) is 0 Å². The van der Waals surface area contributed by atoms with Crippen LogP contribution in [0.2, 0.25) is 0 Å². The maximum Gasteiger partial charge on any atom is 0.0948 e. The van der Waals surface area contributed by atoms with Gasteiger partial charge < -0.3 is 15.6 Å². The largest absolute Gasteiger partial charge is 0.387 e. The normalized spacial score (nSPS) is 43.6. The van der Waals surface area contributed by atoms with Gasteiger partial charge in [0.15, 0.2) is 0 Å². The van der Waals surface area contributed by atoms with Gasteiger partial charge in [-0.1, -0.05) is 26.2 Å². The van der Waals surface area contributed by atoms with Crippen molar-refractivity contribution in [2.75, 3.05) is 19.8 Å². The van der Waals surface area contributed by atoms with Gasteiger partial charge in [0, 0.05) is 18.6 Å². The van der Waals surface area contributed by atoms with E-state index in [1.807, 2.05) is 0 Å². The Labute approximate surface area is 105 Å². The molecule has 3 atom stereocenters. The third-order valence-corrected chi connectivity index (χ3v) is 5.12. The molecule has 2 fully saturated rings. The van der Waals surface area contributed by atoms with Crippen molar-refractivity contribution < 1.29 is 9.84 Å². The summed E-state index contributed by atoms with van der Waals surface area (Å²) in [6.45, 7) is 4.13. The predicted molar refractivity (Wildman–Crippen MR) is 68.7 cm³/mol. The number of hydrogen-bond acceptors (Lipinski definition) is 3. The lowest BCUT2D eigenvalue weighted by atomic mass is 9.59. The molecule has 1 aliphatic heterocycles. The zero-order chi connectivity index (χ0) is 12.4. The molecular weight excluding hydrogens is 214 g/mol. The summed E-state index contributed by atoms with van der Waals surface area (Å²) >= 11 is 0. The van der Waals surface area contributed by atoms with Crippen LogP contribution in [0.15, 0.2) is 0 Å². The van der Waals surface area contributed by atoms with Gasteiger partial charge in [-0.05, 0) is 31.6 Å². The summed E-state index contributed by atoms with van der Waals surface area (Å²) in [6.07, 6.45) is 7.70. The minimum Gasteiger partial charge on any atom is -0.387 e. The van der Waals surface area contributed by atoms with E-state index < -0.39 is 5.60 Å². The number of hydrogen-bond donors (Lipinski definition) is 2. The Bertz CT molecular complexity index is 251. The van der Waals surface area contributed by atoms with E-state index in [0.717, 1.165) is 38.2 Å². The van der Waals surface area contributed by atoms with E-state index in [0.29, 0.717) is 13.2 Å². The number of nitrogens with two attached hydrogens (primary N) is 1. The van der Waals surface area contributed by atoms with E-state index in [-0.39, 0.29) is 5.41 Å². The zero-order valence-electron chi connectivity index (χ0n) is 11.1. The molecule has 17 heavy (non-hydrogen) atoms. The van der Waals surface area contributed by atoms with Crippen LogP contribution in [0.3, 0.4) is 0 Å². The summed E-state index contributed by atoms with van der Waals surface area (Å²) in [6, 6.07) is 0. The Hall–Kier alpha value is -0.120. The predicted octanol–water partition coefficient (Wildman–Crippen LogP) is 2.07. The van der Waals surface area contributed by atoms with Gasteiger partial charge in [-0.25, -0.2) is 0 Å². The zero-order valence-corrected chi connectivity index (χ0v) is 11.1. The summed E-state index contributed by atoms with van der Waals surface area (Å²) in [7, 11) is 0. The topological polar surface area (TPSA) is 55.5 Å². The molecular formula is C14H27NO2. The lowest BCUT2D eigenvalue weighted by molar-refractivity contribution is -0.175. The molecule has 3 heteroatoms. The fourth-order valence-electron chi connectivity index (χ4n) is 3.83. The van der Waals surface area contributed by atoms with Crippen molar-refractivity contribution in [1.29, 1.82) is 0 Å². The highest BCUT2D eigenvalue weighted by Crippen LogP contribution is 2.49. The van der Waals surface area contributed by atoms with Crippen molar-refractivity contribution in [2.24, 2.45) is 17.1 Å². The fraction of sp³-hybridized carbons (Fsp3) is 1.00. The second kappa shape index (κ2) is 5.25. The van der Waals surface area contributed by atoms with Crippen LogP contribution >= 0.6 is 0 Å². The molecule has 2 aliphatic rings. The Morgan fingerprint density at radius 2 is 2.18 bits per heavy atom. The van der Waals surface area contributed by atoms with Gasteiger partial charge in [-0.2, -0.15) is 0 Å². The smallest absolute Gasteiger partial charge is 0.0948 e. The highest BCUT2D eigenvalue weighted by Gasteiger charge is 2.51. The van der Waals surface area contributed by atoms with E-state index in [1.165, 1.54) is 19.3 Å². The van der Waals surface area contributed by atoms with Gasteiger partial charge >= 0.3 is 0 Å². The van der Waals surface area contributed by atoms with Gasteiger partial charge in [0.25, 0.3) is 0 Å². The van der Waals surface area contributed by atoms with Crippen molar-refractivity contribution in [3.63, 3.8) is 0 Å². The lowest BCUT2D eigenvalue weighted by Crippen LogP contribution is -2.58. The molecule has 3 nitrogen and oxygen atoms in total. The van der Waals surface area contributed by atoms with E-state index in [1.54, 1.807) is 0 Å². The summed E-state index contributed by atoms with van der Waals surface area (Å²) < 4.78 is 5.53. The maximum atomic E-state index is 11.0. The highest BCUT2D eigenvalue weighted by atomic mass is 16.5. The van der Waals surface area contributed by atoms with Gasteiger partial charge in [0.05, 0.1) is 12.2 Å². The molecule has 3 N–H and O–H groups in total. The second-order valence-electron chi connectivity index (χ2n) is 6.04. The molecule has 0 bridgehead atoms. The van der Waals surface area contributed by atoms with Crippen LogP contribution in [-0.2, 0) is 4.74 Å². The van der Waals surface area contributed by atoms with Crippen LogP contribution in [0.25, 0.3) is 0 Å². The summed E-state index contributed by atoms with van der Waals surface area (Å²) in [4.78, 5) is 0.